The Morgan fingerprint density at radius 1 is 0.587 bits per heavy atom. The molecule has 0 radical (unpaired) electrons. The molecular weight excluding hydrogens is 773 g/mol. The minimum Gasteiger partial charge on any atom is -0.311 e. The molecule has 3 unspecified atom stereocenters. The van der Waals surface area contributed by atoms with Crippen LogP contribution in [0.15, 0.2) is 182 Å². The highest BCUT2D eigenvalue weighted by atomic mass is 15.3. The molecule has 6 heterocycles. The highest BCUT2D eigenvalue weighted by Gasteiger charge is 2.42. The zero-order valence-electron chi connectivity index (χ0n) is 34.3. The van der Waals surface area contributed by atoms with Crippen LogP contribution in [0, 0.1) is 5.92 Å². The molecule has 0 saturated carbocycles. The zero-order chi connectivity index (χ0) is 41.3. The predicted molar refractivity (Wildman–Crippen MR) is 254 cm³/mol. The van der Waals surface area contributed by atoms with Crippen molar-refractivity contribution in [1.29, 1.82) is 0 Å². The van der Waals surface area contributed by atoms with Crippen molar-refractivity contribution in [2.75, 3.05) is 9.80 Å². The number of hydrogen-bond donors (Lipinski definition) is 0. The van der Waals surface area contributed by atoms with Crippen molar-refractivity contribution in [2.45, 2.75) is 24.8 Å². The number of fused-ring (bicyclic) bond motifs is 14. The van der Waals surface area contributed by atoms with E-state index in [0.29, 0.717) is 23.0 Å². The van der Waals surface area contributed by atoms with Crippen molar-refractivity contribution in [2.24, 2.45) is 5.92 Å². The Morgan fingerprint density at radius 3 is 2.16 bits per heavy atom. The van der Waals surface area contributed by atoms with Crippen LogP contribution in [-0.4, -0.2) is 35.1 Å². The SMILES string of the molecule is C[C@@H]1C=CC=C2C1c1ccc3c4ccccc4n(-c4cnc5nc(N6c7ccccc7C7C=c8c(c9ccccc9n8-c8ccccc8)=CC76)ncc5n4)c3c1N2c1ccccc1. The summed E-state index contributed by atoms with van der Waals surface area (Å²) in [5.41, 5.74) is 13.0. The smallest absolute Gasteiger partial charge is 0.232 e. The Bertz CT molecular complexity index is 3750. The second kappa shape index (κ2) is 13.0. The highest BCUT2D eigenvalue weighted by molar-refractivity contribution is 6.15. The number of hydrogen-bond acceptors (Lipinski definition) is 6. The number of aromatic nitrogens is 6. The monoisotopic (exact) mass is 810 g/mol. The van der Waals surface area contributed by atoms with Gasteiger partial charge in [0.25, 0.3) is 0 Å². The fourth-order valence-electron chi connectivity index (χ4n) is 11.2. The standard InChI is InChI=1S/C55H38N8/c1-33-15-14-26-47-51(33)40-28-27-39-36-20-8-13-25-46(36)63(52(39)53(40)61(47)35-18-6-3-7-19-35)50-32-56-54-43(58-50)31-57-55(59-54)62-45-24-12-10-22-38(45)42-29-48-41(30-49(42)62)37-21-9-11-23-44(37)60(48)34-16-4-2-5-17-34/h2-33,42,49,51H,1H3/t33-,42?,49?,51?/m1/s1. The molecular formula is C55H38N8. The first-order valence-corrected chi connectivity index (χ1v) is 21.8. The molecule has 6 aromatic carbocycles. The second-order valence-corrected chi connectivity index (χ2v) is 17.1. The van der Waals surface area contributed by atoms with Gasteiger partial charge in [-0.05, 0) is 71.7 Å². The van der Waals surface area contributed by atoms with E-state index in [2.05, 4.69) is 202 Å². The maximum atomic E-state index is 5.33. The summed E-state index contributed by atoms with van der Waals surface area (Å²) in [7, 11) is 0. The minimum atomic E-state index is -0.0291. The molecule has 4 aliphatic rings. The maximum Gasteiger partial charge on any atom is 0.232 e. The van der Waals surface area contributed by atoms with Gasteiger partial charge in [-0.1, -0.05) is 128 Å². The largest absolute Gasteiger partial charge is 0.311 e. The van der Waals surface area contributed by atoms with Gasteiger partial charge < -0.3 is 14.4 Å². The van der Waals surface area contributed by atoms with Crippen molar-refractivity contribution in [3.05, 3.63) is 204 Å². The first-order valence-electron chi connectivity index (χ1n) is 21.8. The minimum absolute atomic E-state index is 0.0291. The second-order valence-electron chi connectivity index (χ2n) is 17.1. The van der Waals surface area contributed by atoms with E-state index in [-0.39, 0.29) is 17.9 Å². The molecule has 14 rings (SSSR count). The van der Waals surface area contributed by atoms with Crippen LogP contribution in [-0.2, 0) is 0 Å². The molecule has 63 heavy (non-hydrogen) atoms. The number of benzene rings is 6. The Hall–Kier alpha value is -8.10. The van der Waals surface area contributed by atoms with Crippen LogP contribution < -0.4 is 20.4 Å². The summed E-state index contributed by atoms with van der Waals surface area (Å²) in [5, 5.41) is 6.01. The topological polar surface area (TPSA) is 67.9 Å². The summed E-state index contributed by atoms with van der Waals surface area (Å²) in [5.74, 6) is 2.01. The van der Waals surface area contributed by atoms with Crippen molar-refractivity contribution in [3.8, 4) is 11.5 Å². The van der Waals surface area contributed by atoms with Crippen LogP contribution >= 0.6 is 0 Å². The molecule has 10 aromatic rings. The molecule has 4 atom stereocenters. The fraction of sp³-hybridized carbons (Fsp3) is 0.0909. The molecule has 2 aliphatic carbocycles. The quantitative estimate of drug-likeness (QED) is 0.176. The van der Waals surface area contributed by atoms with E-state index < -0.39 is 0 Å². The van der Waals surface area contributed by atoms with Gasteiger partial charge in [-0.2, -0.15) is 4.98 Å². The van der Waals surface area contributed by atoms with E-state index >= 15 is 0 Å². The van der Waals surface area contributed by atoms with Gasteiger partial charge in [0.2, 0.25) is 5.95 Å². The highest BCUT2D eigenvalue weighted by Crippen LogP contribution is 2.56. The van der Waals surface area contributed by atoms with Gasteiger partial charge >= 0.3 is 0 Å². The van der Waals surface area contributed by atoms with Gasteiger partial charge in [-0.25, -0.2) is 15.0 Å². The normalized spacial score (nSPS) is 19.4. The molecule has 0 saturated heterocycles. The van der Waals surface area contributed by atoms with E-state index in [4.69, 9.17) is 19.9 Å². The van der Waals surface area contributed by atoms with Crippen molar-refractivity contribution >= 4 is 79.0 Å². The summed E-state index contributed by atoms with van der Waals surface area (Å²) in [6.45, 7) is 2.32. The summed E-state index contributed by atoms with van der Waals surface area (Å²) >= 11 is 0. The van der Waals surface area contributed by atoms with Crippen LogP contribution in [0.4, 0.5) is 23.0 Å². The Morgan fingerprint density at radius 2 is 1.32 bits per heavy atom. The third kappa shape index (κ3) is 4.80. The van der Waals surface area contributed by atoms with Crippen molar-refractivity contribution < 1.29 is 0 Å². The number of allylic oxidation sites excluding steroid dienone is 4. The van der Waals surface area contributed by atoms with Gasteiger partial charge in [-0.3, -0.25) is 4.57 Å². The average Bonchev–Trinajstić information content (AvgIpc) is 4.06. The van der Waals surface area contributed by atoms with Crippen molar-refractivity contribution in [3.63, 3.8) is 0 Å². The Labute approximate surface area is 362 Å². The molecule has 4 aromatic heterocycles. The number of rotatable bonds is 4. The lowest BCUT2D eigenvalue weighted by molar-refractivity contribution is 0.618. The molecule has 8 heteroatoms. The molecule has 0 amide bonds. The predicted octanol–water partition coefficient (Wildman–Crippen LogP) is 10.7. The lowest BCUT2D eigenvalue weighted by Crippen LogP contribution is -2.40. The van der Waals surface area contributed by atoms with Crippen LogP contribution in [0.3, 0.4) is 0 Å². The Kier molecular flexibility index (Phi) is 7.11. The summed E-state index contributed by atoms with van der Waals surface area (Å²) in [6, 6.07) is 52.0. The van der Waals surface area contributed by atoms with Crippen molar-refractivity contribution in [1.82, 2.24) is 29.1 Å². The van der Waals surface area contributed by atoms with E-state index in [1.165, 1.54) is 54.8 Å². The van der Waals surface area contributed by atoms with Gasteiger partial charge in [0.15, 0.2) is 11.5 Å². The maximum absolute atomic E-state index is 5.33. The number of nitrogens with zero attached hydrogens (tertiary/aromatic N) is 8. The number of para-hydroxylation sites is 5. The lowest BCUT2D eigenvalue weighted by Gasteiger charge is -2.27. The van der Waals surface area contributed by atoms with E-state index in [1.54, 1.807) is 0 Å². The Balaban J connectivity index is 0.934. The fourth-order valence-corrected chi connectivity index (χ4v) is 11.2. The molecule has 0 N–H and O–H groups in total. The van der Waals surface area contributed by atoms with E-state index in [1.807, 2.05) is 12.4 Å². The number of anilines is 4. The van der Waals surface area contributed by atoms with Gasteiger partial charge in [0, 0.05) is 56.0 Å². The summed E-state index contributed by atoms with van der Waals surface area (Å²) < 4.78 is 4.70. The molecule has 0 fully saturated rings. The summed E-state index contributed by atoms with van der Waals surface area (Å²) in [6.07, 6.45) is 15.4. The summed E-state index contributed by atoms with van der Waals surface area (Å²) in [4.78, 5) is 25.5. The van der Waals surface area contributed by atoms with Crippen LogP contribution in [0.5, 0.6) is 0 Å². The van der Waals surface area contributed by atoms with Gasteiger partial charge in [0.1, 0.15) is 5.52 Å². The van der Waals surface area contributed by atoms with Crippen LogP contribution in [0.1, 0.15) is 29.9 Å². The third-order valence-corrected chi connectivity index (χ3v) is 13.8. The van der Waals surface area contributed by atoms with E-state index in [0.717, 1.165) is 33.9 Å². The zero-order valence-corrected chi connectivity index (χ0v) is 34.3. The lowest BCUT2D eigenvalue weighted by atomic mass is 9.83. The average molecular weight is 811 g/mol. The first kappa shape index (κ1) is 34.6. The molecule has 8 nitrogen and oxygen atoms in total. The van der Waals surface area contributed by atoms with Crippen LogP contribution in [0.25, 0.3) is 67.5 Å². The molecule has 0 spiro atoms. The van der Waals surface area contributed by atoms with E-state index in [9.17, 15) is 0 Å². The third-order valence-electron chi connectivity index (χ3n) is 13.8. The molecule has 0 bridgehead atoms. The first-order chi connectivity index (χ1) is 31.2. The molecule has 298 valence electrons. The van der Waals surface area contributed by atoms with Crippen LogP contribution in [0.2, 0.25) is 0 Å². The van der Waals surface area contributed by atoms with Gasteiger partial charge in [-0.15, -0.1) is 0 Å². The molecule has 2 aliphatic heterocycles. The van der Waals surface area contributed by atoms with Gasteiger partial charge in [0.05, 0.1) is 46.0 Å².